The fourth-order valence-electron chi connectivity index (χ4n) is 3.07. The van der Waals surface area contributed by atoms with Crippen molar-refractivity contribution in [3.8, 4) is 5.75 Å². The predicted molar refractivity (Wildman–Crippen MR) is 107 cm³/mol. The summed E-state index contributed by atoms with van der Waals surface area (Å²) in [5, 5.41) is 11.8. The number of hydrogen-bond acceptors (Lipinski definition) is 7. The third-order valence-electron chi connectivity index (χ3n) is 4.56. The normalized spacial score (nSPS) is 13.2. The second-order valence-electron chi connectivity index (χ2n) is 6.56. The minimum Gasteiger partial charge on any atom is -0.482 e. The van der Waals surface area contributed by atoms with Crippen LogP contribution in [0, 0.1) is 0 Å². The van der Waals surface area contributed by atoms with Gasteiger partial charge in [0.15, 0.2) is 18.2 Å². The summed E-state index contributed by atoms with van der Waals surface area (Å²) in [6, 6.07) is 11.2. The summed E-state index contributed by atoms with van der Waals surface area (Å²) in [6.45, 7) is 1.94. The number of ether oxygens (including phenoxy) is 2. The smallest absolute Gasteiger partial charge is 0.344 e. The fourth-order valence-corrected chi connectivity index (χ4v) is 3.07. The van der Waals surface area contributed by atoms with Crippen molar-refractivity contribution in [2.45, 2.75) is 13.5 Å². The van der Waals surface area contributed by atoms with Crippen LogP contribution in [0.1, 0.15) is 38.8 Å². The Hall–Kier alpha value is -3.88. The number of amidine groups is 1. The zero-order chi connectivity index (χ0) is 21.7. The molecule has 1 aliphatic rings. The minimum atomic E-state index is -0.472. The average molecular weight is 411 g/mol. The molecular weight excluding hydrogens is 390 g/mol. The molecule has 2 aromatic carbocycles. The van der Waals surface area contributed by atoms with E-state index in [9.17, 15) is 14.4 Å². The Kier molecular flexibility index (Phi) is 6.31. The number of oxime groups is 1. The topological polar surface area (TPSA) is 132 Å². The summed E-state index contributed by atoms with van der Waals surface area (Å²) in [5.74, 6) is -0.576. The first-order valence-electron chi connectivity index (χ1n) is 9.24. The van der Waals surface area contributed by atoms with E-state index < -0.39 is 5.97 Å². The lowest BCUT2D eigenvalue weighted by Crippen LogP contribution is -2.30. The molecule has 2 aromatic rings. The number of rotatable bonds is 8. The van der Waals surface area contributed by atoms with Crippen LogP contribution in [0.15, 0.2) is 47.6 Å². The van der Waals surface area contributed by atoms with Crippen molar-refractivity contribution >= 4 is 23.5 Å². The van der Waals surface area contributed by atoms with Gasteiger partial charge in [0.1, 0.15) is 5.75 Å². The summed E-state index contributed by atoms with van der Waals surface area (Å²) in [5.41, 5.74) is 7.70. The molecule has 30 heavy (non-hydrogen) atoms. The van der Waals surface area contributed by atoms with Gasteiger partial charge in [0.2, 0.25) is 0 Å². The van der Waals surface area contributed by atoms with Gasteiger partial charge in [0.05, 0.1) is 13.2 Å². The van der Waals surface area contributed by atoms with E-state index in [-0.39, 0.29) is 43.8 Å². The van der Waals surface area contributed by atoms with E-state index >= 15 is 0 Å². The summed E-state index contributed by atoms with van der Waals surface area (Å²) >= 11 is 0. The van der Waals surface area contributed by atoms with Gasteiger partial charge in [-0.15, -0.1) is 0 Å². The van der Waals surface area contributed by atoms with E-state index in [1.54, 1.807) is 49.4 Å². The first kappa shape index (κ1) is 20.8. The number of hydrogen-bond donors (Lipinski definition) is 2. The summed E-state index contributed by atoms with van der Waals surface area (Å²) in [4.78, 5) is 37.9. The number of amides is 1. The molecule has 9 nitrogen and oxygen atoms in total. The van der Waals surface area contributed by atoms with Gasteiger partial charge in [0.25, 0.3) is 5.91 Å². The highest BCUT2D eigenvalue weighted by atomic mass is 16.6. The van der Waals surface area contributed by atoms with Gasteiger partial charge in [-0.2, -0.15) is 0 Å². The second kappa shape index (κ2) is 9.08. The maximum Gasteiger partial charge on any atom is 0.344 e. The Morgan fingerprint density at radius 2 is 1.87 bits per heavy atom. The highest BCUT2D eigenvalue weighted by Gasteiger charge is 2.29. The van der Waals surface area contributed by atoms with Crippen LogP contribution in [0.5, 0.6) is 5.75 Å². The zero-order valence-electron chi connectivity index (χ0n) is 16.3. The Morgan fingerprint density at radius 3 is 2.53 bits per heavy atom. The highest BCUT2D eigenvalue weighted by Crippen LogP contribution is 2.24. The number of carbonyl (C=O) groups excluding carboxylic acids is 3. The van der Waals surface area contributed by atoms with Gasteiger partial charge < -0.3 is 25.3 Å². The van der Waals surface area contributed by atoms with E-state index in [4.69, 9.17) is 20.4 Å². The Labute approximate surface area is 172 Å². The monoisotopic (exact) mass is 411 g/mol. The molecule has 3 N–H and O–H groups in total. The maximum atomic E-state index is 12.6. The van der Waals surface area contributed by atoms with Crippen molar-refractivity contribution in [2.75, 3.05) is 19.8 Å². The number of nitrogens with zero attached hydrogens (tertiary/aromatic N) is 2. The summed E-state index contributed by atoms with van der Waals surface area (Å²) in [7, 11) is 0. The standard InChI is InChI=1S/C21H21N3O6/c1-2-29-19(26)12-30-16-6-3-13(4-7-16)18(25)11-24-10-15-9-14(20(22)23-28)5-8-17(15)21(24)27/h3-9,28H,2,10-12H2,1H3,(H2,22,23). The lowest BCUT2D eigenvalue weighted by Gasteiger charge is -2.14. The molecule has 0 aliphatic carbocycles. The molecule has 0 aromatic heterocycles. The van der Waals surface area contributed by atoms with Crippen LogP contribution < -0.4 is 10.5 Å². The first-order valence-corrected chi connectivity index (χ1v) is 9.24. The maximum absolute atomic E-state index is 12.6. The average Bonchev–Trinajstić information content (AvgIpc) is 3.06. The SMILES string of the molecule is CCOC(=O)COc1ccc(C(=O)CN2Cc3cc(/C(N)=N/O)ccc3C2=O)cc1. The lowest BCUT2D eigenvalue weighted by molar-refractivity contribution is -0.145. The molecular formula is C21H21N3O6. The zero-order valence-corrected chi connectivity index (χ0v) is 16.3. The van der Waals surface area contributed by atoms with Crippen molar-refractivity contribution in [1.82, 2.24) is 4.90 Å². The Balaban J connectivity index is 1.62. The third-order valence-corrected chi connectivity index (χ3v) is 4.56. The van der Waals surface area contributed by atoms with Crippen molar-refractivity contribution < 1.29 is 29.1 Å². The van der Waals surface area contributed by atoms with Crippen molar-refractivity contribution in [1.29, 1.82) is 0 Å². The number of ketones is 1. The van der Waals surface area contributed by atoms with Gasteiger partial charge in [-0.25, -0.2) is 4.79 Å². The largest absolute Gasteiger partial charge is 0.482 e. The lowest BCUT2D eigenvalue weighted by atomic mass is 10.1. The van der Waals surface area contributed by atoms with Crippen LogP contribution in [0.25, 0.3) is 0 Å². The Morgan fingerprint density at radius 1 is 1.17 bits per heavy atom. The van der Waals surface area contributed by atoms with Crippen LogP contribution in [0.3, 0.4) is 0 Å². The Bertz CT molecular complexity index is 1000. The molecule has 1 aliphatic heterocycles. The molecule has 0 unspecified atom stereocenters. The van der Waals surface area contributed by atoms with Crippen LogP contribution in [0.2, 0.25) is 0 Å². The number of benzene rings is 2. The minimum absolute atomic E-state index is 0.0509. The van der Waals surface area contributed by atoms with Gasteiger partial charge in [0, 0.05) is 23.2 Å². The van der Waals surface area contributed by atoms with E-state index in [1.165, 1.54) is 4.90 Å². The van der Waals surface area contributed by atoms with Gasteiger partial charge in [-0.3, -0.25) is 9.59 Å². The van der Waals surface area contributed by atoms with Crippen LogP contribution in [0.4, 0.5) is 0 Å². The molecule has 0 fully saturated rings. The predicted octanol–water partition coefficient (Wildman–Crippen LogP) is 1.56. The molecule has 0 bridgehead atoms. The van der Waals surface area contributed by atoms with E-state index in [0.29, 0.717) is 28.0 Å². The molecule has 0 atom stereocenters. The molecule has 0 radical (unpaired) electrons. The van der Waals surface area contributed by atoms with Gasteiger partial charge in [-0.1, -0.05) is 11.2 Å². The number of Topliss-reactive ketones (excluding diaryl/α,β-unsaturated/α-hetero) is 1. The third kappa shape index (κ3) is 4.57. The van der Waals surface area contributed by atoms with Crippen LogP contribution in [-0.4, -0.2) is 53.4 Å². The molecule has 9 heteroatoms. The number of fused-ring (bicyclic) bond motifs is 1. The van der Waals surface area contributed by atoms with Gasteiger partial charge in [-0.05, 0) is 48.9 Å². The van der Waals surface area contributed by atoms with Gasteiger partial charge >= 0.3 is 5.97 Å². The van der Waals surface area contributed by atoms with Crippen molar-refractivity contribution in [3.63, 3.8) is 0 Å². The van der Waals surface area contributed by atoms with E-state index in [1.807, 2.05) is 0 Å². The summed E-state index contributed by atoms with van der Waals surface area (Å²) in [6.07, 6.45) is 0. The molecule has 1 amide bonds. The quantitative estimate of drug-likeness (QED) is 0.168. The number of nitrogens with two attached hydrogens (primary N) is 1. The van der Waals surface area contributed by atoms with Crippen LogP contribution in [-0.2, 0) is 16.1 Å². The van der Waals surface area contributed by atoms with E-state index in [0.717, 1.165) is 0 Å². The molecule has 0 saturated carbocycles. The van der Waals surface area contributed by atoms with Crippen molar-refractivity contribution in [2.24, 2.45) is 10.9 Å². The van der Waals surface area contributed by atoms with Crippen LogP contribution >= 0.6 is 0 Å². The second-order valence-corrected chi connectivity index (χ2v) is 6.56. The molecule has 3 rings (SSSR count). The van der Waals surface area contributed by atoms with Crippen molar-refractivity contribution in [3.05, 3.63) is 64.7 Å². The number of carbonyl (C=O) groups is 3. The van der Waals surface area contributed by atoms with E-state index in [2.05, 4.69) is 5.16 Å². The molecule has 0 saturated heterocycles. The molecule has 156 valence electrons. The highest BCUT2D eigenvalue weighted by molar-refractivity contribution is 6.05. The first-order chi connectivity index (χ1) is 14.4. The summed E-state index contributed by atoms with van der Waals surface area (Å²) < 4.78 is 10.1. The number of esters is 1. The fraction of sp³-hybridized carbons (Fsp3) is 0.238. The molecule has 1 heterocycles. The molecule has 0 spiro atoms.